The Labute approximate surface area is 237 Å². The fourth-order valence-electron chi connectivity index (χ4n) is 4.66. The molecule has 0 fully saturated rings. The van der Waals surface area contributed by atoms with Crippen molar-refractivity contribution in [2.24, 2.45) is 0 Å². The summed E-state index contributed by atoms with van der Waals surface area (Å²) in [6.45, 7) is 0. The van der Waals surface area contributed by atoms with Crippen molar-refractivity contribution in [1.82, 2.24) is 34.9 Å². The number of aromatic nitrogens is 7. The third-order valence-corrected chi connectivity index (χ3v) is 8.41. The summed E-state index contributed by atoms with van der Waals surface area (Å²) in [5, 5.41) is 9.88. The number of anilines is 4. The Morgan fingerprint density at radius 1 is 0.575 bits per heavy atom. The van der Waals surface area contributed by atoms with E-state index in [0.717, 1.165) is 77.0 Å². The van der Waals surface area contributed by atoms with E-state index in [9.17, 15) is 0 Å². The number of para-hydroxylation sites is 2. The lowest BCUT2D eigenvalue weighted by Crippen LogP contribution is -1.92. The lowest BCUT2D eigenvalue weighted by molar-refractivity contribution is 1.02. The number of nitrogens with one attached hydrogen (secondary N) is 4. The minimum absolute atomic E-state index is 0.727. The number of hydrogen-bond donors (Lipinski definition) is 4. The van der Waals surface area contributed by atoms with Crippen LogP contribution in [0.4, 0.5) is 23.0 Å². The molecule has 6 heterocycles. The molecule has 11 heteroatoms. The third kappa shape index (κ3) is 4.12. The van der Waals surface area contributed by atoms with Gasteiger partial charge in [-0.3, -0.25) is 4.98 Å². The fourth-order valence-corrected chi connectivity index (χ4v) is 6.37. The van der Waals surface area contributed by atoms with E-state index in [2.05, 4.69) is 59.8 Å². The Morgan fingerprint density at radius 2 is 1.07 bits per heavy atom. The summed E-state index contributed by atoms with van der Waals surface area (Å²) < 4.78 is 0. The molecule has 4 N–H and O–H groups in total. The van der Waals surface area contributed by atoms with Crippen molar-refractivity contribution >= 4 is 70.8 Å². The fraction of sp³-hybridized carbons (Fsp3) is 0. The molecule has 4 aromatic rings. The molecule has 9 nitrogen and oxygen atoms in total. The van der Waals surface area contributed by atoms with Gasteiger partial charge in [-0.15, -0.1) is 0 Å². The molecule has 0 aliphatic carbocycles. The van der Waals surface area contributed by atoms with Gasteiger partial charge in [0.1, 0.15) is 39.4 Å². The van der Waals surface area contributed by atoms with E-state index < -0.39 is 0 Å². The van der Waals surface area contributed by atoms with E-state index in [4.69, 9.17) is 9.97 Å². The maximum atomic E-state index is 4.80. The first-order chi connectivity index (χ1) is 19.8. The van der Waals surface area contributed by atoms with Crippen LogP contribution in [0.5, 0.6) is 0 Å². The van der Waals surface area contributed by atoms with Gasteiger partial charge in [0.05, 0.1) is 0 Å². The first-order valence-corrected chi connectivity index (χ1v) is 14.1. The van der Waals surface area contributed by atoms with Crippen LogP contribution in [0.1, 0.15) is 22.5 Å². The minimum Gasteiger partial charge on any atom is -0.339 e. The van der Waals surface area contributed by atoms with E-state index in [1.165, 1.54) is 23.5 Å². The van der Waals surface area contributed by atoms with Crippen LogP contribution in [0, 0.1) is 0 Å². The van der Waals surface area contributed by atoms with Crippen LogP contribution in [0.2, 0.25) is 0 Å². The van der Waals surface area contributed by atoms with Crippen LogP contribution < -0.4 is 10.6 Å². The van der Waals surface area contributed by atoms with E-state index >= 15 is 0 Å². The topological polar surface area (TPSA) is 120 Å². The molecule has 4 aliphatic heterocycles. The highest BCUT2D eigenvalue weighted by molar-refractivity contribution is 7.99. The average molecular weight is 558 g/mol. The van der Waals surface area contributed by atoms with Crippen molar-refractivity contribution in [2.45, 2.75) is 20.4 Å². The molecule has 4 aliphatic rings. The van der Waals surface area contributed by atoms with E-state index in [1.807, 2.05) is 60.9 Å². The highest BCUT2D eigenvalue weighted by atomic mass is 32.2. The molecule has 0 saturated carbocycles. The standard InChI is InChI=1S/C29H19N9S2/c1-3-7-20-16(5-1)9-11-22-24(33-20)37-28(35-22)39-26-18-13-30-14-19(18)27(32-15-31-26)40-29-36-23-12-10-17-6-2-4-8-21(17)34-25(23)38-29/h1-15,33-34H,(H,35,37)(H,36,38). The Bertz CT molecular complexity index is 1800. The molecule has 8 rings (SSSR count). The lowest BCUT2D eigenvalue weighted by Gasteiger charge is -2.06. The van der Waals surface area contributed by atoms with Gasteiger partial charge in [0.2, 0.25) is 0 Å². The smallest absolute Gasteiger partial charge is 0.173 e. The normalized spacial score (nSPS) is 12.9. The van der Waals surface area contributed by atoms with Crippen molar-refractivity contribution in [1.29, 1.82) is 0 Å². The Hall–Kier alpha value is -4.87. The third-order valence-electron chi connectivity index (χ3n) is 6.60. The average Bonchev–Trinajstić information content (AvgIpc) is 3.61. The molecule has 0 unspecified atom stereocenters. The number of benzene rings is 2. The van der Waals surface area contributed by atoms with Crippen LogP contribution in [0.3, 0.4) is 0 Å². The zero-order valence-electron chi connectivity index (χ0n) is 20.7. The number of aromatic amines is 2. The Kier molecular flexibility index (Phi) is 5.42. The van der Waals surface area contributed by atoms with Gasteiger partial charge >= 0.3 is 0 Å². The summed E-state index contributed by atoms with van der Waals surface area (Å²) in [5.41, 5.74) is 7.76. The van der Waals surface area contributed by atoms with E-state index in [0.29, 0.717) is 0 Å². The predicted molar refractivity (Wildman–Crippen MR) is 159 cm³/mol. The molecule has 0 spiro atoms. The van der Waals surface area contributed by atoms with E-state index in [-0.39, 0.29) is 0 Å². The molecule has 0 radical (unpaired) electrons. The number of fused-ring (bicyclic) bond motifs is 5. The molecule has 0 bridgehead atoms. The molecule has 0 atom stereocenters. The van der Waals surface area contributed by atoms with Crippen LogP contribution in [-0.2, 0) is 0 Å². The second-order valence-electron chi connectivity index (χ2n) is 9.12. The second-order valence-corrected chi connectivity index (χ2v) is 11.1. The molecule has 40 heavy (non-hydrogen) atoms. The van der Waals surface area contributed by atoms with Crippen molar-refractivity contribution in [3.05, 3.63) is 89.8 Å². The lowest BCUT2D eigenvalue weighted by atomic mass is 10.2. The van der Waals surface area contributed by atoms with Crippen molar-refractivity contribution in [2.75, 3.05) is 10.6 Å². The zero-order valence-corrected chi connectivity index (χ0v) is 22.3. The molecule has 0 saturated heterocycles. The Balaban J connectivity index is 1.06. The monoisotopic (exact) mass is 557 g/mol. The summed E-state index contributed by atoms with van der Waals surface area (Å²) in [6, 6.07) is 16.3. The minimum atomic E-state index is 0.727. The van der Waals surface area contributed by atoms with Crippen LogP contribution in [-0.4, -0.2) is 34.9 Å². The van der Waals surface area contributed by atoms with Crippen LogP contribution in [0.15, 0.2) is 87.6 Å². The second kappa shape index (κ2) is 9.40. The number of rotatable bonds is 4. The van der Waals surface area contributed by atoms with Gasteiger partial charge in [0, 0.05) is 34.9 Å². The molecule has 192 valence electrons. The first-order valence-electron chi connectivity index (χ1n) is 12.5. The number of nitrogens with zero attached hydrogens (tertiary/aromatic N) is 5. The van der Waals surface area contributed by atoms with Gasteiger partial charge in [-0.05, 0) is 58.9 Å². The maximum absolute atomic E-state index is 4.80. The summed E-state index contributed by atoms with van der Waals surface area (Å²) in [6.07, 6.45) is 13.4. The molecule has 2 aromatic heterocycles. The van der Waals surface area contributed by atoms with Gasteiger partial charge in [-0.1, -0.05) is 48.6 Å². The van der Waals surface area contributed by atoms with Crippen molar-refractivity contribution in [3.8, 4) is 11.1 Å². The highest BCUT2D eigenvalue weighted by Crippen LogP contribution is 2.41. The van der Waals surface area contributed by atoms with E-state index in [1.54, 1.807) is 6.33 Å². The van der Waals surface area contributed by atoms with Crippen LogP contribution >= 0.6 is 23.5 Å². The van der Waals surface area contributed by atoms with Crippen molar-refractivity contribution < 1.29 is 0 Å². The van der Waals surface area contributed by atoms with Gasteiger partial charge < -0.3 is 20.6 Å². The highest BCUT2D eigenvalue weighted by Gasteiger charge is 2.21. The van der Waals surface area contributed by atoms with Gasteiger partial charge in [-0.2, -0.15) is 0 Å². The summed E-state index contributed by atoms with van der Waals surface area (Å²) in [5.74, 6) is 1.69. The Morgan fingerprint density at radius 3 is 1.60 bits per heavy atom. The summed E-state index contributed by atoms with van der Waals surface area (Å²) >= 11 is 2.89. The van der Waals surface area contributed by atoms with Gasteiger partial charge in [-0.25, -0.2) is 19.9 Å². The van der Waals surface area contributed by atoms with Gasteiger partial charge in [0.15, 0.2) is 10.3 Å². The maximum Gasteiger partial charge on any atom is 0.173 e. The zero-order chi connectivity index (χ0) is 26.5. The number of hydrogen-bond acceptors (Lipinski definition) is 9. The first kappa shape index (κ1) is 23.1. The predicted octanol–water partition coefficient (Wildman–Crippen LogP) is 7.18. The van der Waals surface area contributed by atoms with Crippen LogP contribution in [0.25, 0.3) is 35.4 Å². The molecule has 0 amide bonds. The van der Waals surface area contributed by atoms with Gasteiger partial charge in [0.25, 0.3) is 0 Å². The summed E-state index contributed by atoms with van der Waals surface area (Å²) in [7, 11) is 0. The number of H-pyrrole nitrogens is 2. The number of imidazole rings is 2. The quantitative estimate of drug-likeness (QED) is 0.178. The molecule has 2 aromatic carbocycles. The molecular weight excluding hydrogens is 539 g/mol. The largest absolute Gasteiger partial charge is 0.339 e. The molecular formula is C29H19N9S2. The summed E-state index contributed by atoms with van der Waals surface area (Å²) in [4.78, 5) is 30.1. The van der Waals surface area contributed by atoms with Crippen molar-refractivity contribution in [3.63, 3.8) is 0 Å². The SMILES string of the molecule is C1=Cc2nc(Sc3ncnc(Sc4nc5c([nH]4)Nc4ccccc4C=C5)c4cncc3-4)[nH]c2Nc2ccccc21.